The van der Waals surface area contributed by atoms with E-state index in [-0.39, 0.29) is 68.2 Å². The van der Waals surface area contributed by atoms with E-state index in [0.29, 0.717) is 156 Å². The summed E-state index contributed by atoms with van der Waals surface area (Å²) in [6, 6.07) is 59.4. The van der Waals surface area contributed by atoms with Gasteiger partial charge in [-0.3, -0.25) is 0 Å². The van der Waals surface area contributed by atoms with Gasteiger partial charge in [0, 0.05) is 88.7 Å². The Morgan fingerprint density at radius 3 is 0.882 bits per heavy atom. The largest absolute Gasteiger partial charge is 0.311 e. The van der Waals surface area contributed by atoms with E-state index in [1.54, 1.807) is 148 Å². The molecule has 0 saturated carbocycles. The van der Waals surface area contributed by atoms with Crippen molar-refractivity contribution in [3.63, 3.8) is 0 Å². The predicted octanol–water partition coefficient (Wildman–Crippen LogP) is 32.6. The SMILES string of the molecule is [2H]c1c([2H])c([2H])c2c(c1[2H])c1cc(C([2H])([2H])C(C)(C)C)ccc1n2-c1ccc2c(c1)N(c1cc(-c3cccc(C([2H])([2H])C(C)(C)C)c3)c(C([2H])([2H])C(C)(C)C)cc1-c1cccc(C([2H])([2H])C(C)(C)C)c1)c1cc(C(C)(C)C)cc3c1B2c1ccc(-n2c4ccc(C([2H])([2H])C(C)(C)C)cc4c4c([2H])c([2H])c([2H])c([2H])c42)cc1N3c1cc(-c2cccc(C([2H])([2H])C(C)(C)C)c2)c(C([2H])([2H])C(C)(C)C)cc1-c1cccc(C([2H])([2H])C(C)(C)C)c1. The van der Waals surface area contributed by atoms with Crippen molar-refractivity contribution < 1.29 is 32.9 Å². The standard InChI is InChI=1S/C122H139BN4/c1-114(2,3)70-78-36-32-40-84(56-78)95-68-107(97(62-88(95)76-120(19,20)21)86-42-34-38-80(58-86)72-116(7,8)9)126-109-66-91(124-103-46-30-28-44-93(103)99-60-82(48-54-105(99)124)74-118(13,14)15)50-52-101(109)123-102-53-51-92(125-104-47-31-29-45-94(104)100-61-83(49-55-106(100)125)75-119(16,17)18)67-110(102)127(112-65-90(122(25,26)27)64-111(126)113(112)123)108-69-96(85-41-33-37-79(57-85)71-115(4,5)6)89(77-121(22,23)24)63-98(108)87-43-35-39-81(59-87)73-117(10,11)12/h28-69H,70-77H2,1-27H3/i28D,29D,30D,31D,44D,45D,46D,47D,70D2,71D2,72D2,73D2,74D2,75D2,76D2,77D2. The molecule has 0 saturated heterocycles. The normalized spacial score (nSPS) is 17.3. The maximum absolute atomic E-state index is 10.9. The molecule has 127 heavy (non-hydrogen) atoms. The summed E-state index contributed by atoms with van der Waals surface area (Å²) in [5.74, 6) is 0. The highest BCUT2D eigenvalue weighted by molar-refractivity contribution is 7.00. The molecule has 0 aliphatic carbocycles. The van der Waals surface area contributed by atoms with Crippen molar-refractivity contribution in [1.82, 2.24) is 9.13 Å². The van der Waals surface area contributed by atoms with E-state index >= 15 is 0 Å². The molecule has 0 fully saturated rings. The van der Waals surface area contributed by atoms with Crippen LogP contribution in [0.25, 0.3) is 99.5 Å². The second-order valence-corrected chi connectivity index (χ2v) is 44.5. The van der Waals surface area contributed by atoms with E-state index in [0.717, 1.165) is 0 Å². The van der Waals surface area contributed by atoms with Crippen molar-refractivity contribution >= 4 is 101 Å². The third-order valence-electron chi connectivity index (χ3n) is 22.8. The number of hydrogen-bond acceptors (Lipinski definition) is 2. The molecule has 2 aromatic heterocycles. The van der Waals surface area contributed by atoms with Crippen LogP contribution in [0.4, 0.5) is 34.1 Å². The molecule has 2 aliphatic heterocycles. The van der Waals surface area contributed by atoms with Crippen LogP contribution in [-0.2, 0) is 56.4 Å². The molecule has 17 rings (SSSR count). The number of benzene rings is 13. The first-order valence-corrected chi connectivity index (χ1v) is 45.0. The van der Waals surface area contributed by atoms with Gasteiger partial charge in [-0.1, -0.05) is 345 Å². The summed E-state index contributed by atoms with van der Waals surface area (Å²) in [4.78, 5) is 4.31. The van der Waals surface area contributed by atoms with Crippen LogP contribution in [0.3, 0.4) is 0 Å². The van der Waals surface area contributed by atoms with Crippen LogP contribution < -0.4 is 26.2 Å². The Bertz CT molecular complexity index is 7670. The van der Waals surface area contributed by atoms with Crippen LogP contribution in [0, 0.1) is 43.3 Å². The van der Waals surface area contributed by atoms with Gasteiger partial charge in [0.05, 0.1) is 44.4 Å². The lowest BCUT2D eigenvalue weighted by molar-refractivity contribution is 0.410. The Morgan fingerprint density at radius 1 is 0.260 bits per heavy atom. The number of anilines is 6. The van der Waals surface area contributed by atoms with Crippen LogP contribution in [0.15, 0.2) is 255 Å². The summed E-state index contributed by atoms with van der Waals surface area (Å²) in [6.07, 6.45) is -16.6. The fourth-order valence-corrected chi connectivity index (χ4v) is 18.5. The molecule has 0 spiro atoms. The maximum Gasteiger partial charge on any atom is 0.252 e. The highest BCUT2D eigenvalue weighted by atomic mass is 15.2. The van der Waals surface area contributed by atoms with Crippen molar-refractivity contribution in [3.8, 4) is 55.9 Å². The van der Waals surface area contributed by atoms with Gasteiger partial charge in [-0.05, 0) is 297 Å². The van der Waals surface area contributed by atoms with E-state index in [1.807, 2.05) is 222 Å². The molecule has 13 aromatic carbocycles. The fraction of sp³-hybridized carbons (Fsp3) is 0.361. The zero-order valence-corrected chi connectivity index (χ0v) is 79.5. The third kappa shape index (κ3) is 18.6. The Hall–Kier alpha value is -10.9. The first-order chi connectivity index (χ1) is 69.0. The number of para-hydroxylation sites is 2. The average Bonchev–Trinajstić information content (AvgIpc) is 1.36. The van der Waals surface area contributed by atoms with E-state index in [9.17, 15) is 32.9 Å². The maximum atomic E-state index is 10.9. The first kappa shape index (κ1) is 63.1. The second-order valence-electron chi connectivity index (χ2n) is 44.5. The van der Waals surface area contributed by atoms with E-state index in [1.165, 1.54) is 0 Å². The van der Waals surface area contributed by atoms with Gasteiger partial charge >= 0.3 is 0 Å². The van der Waals surface area contributed by atoms with Gasteiger partial charge in [-0.15, -0.1) is 0 Å². The van der Waals surface area contributed by atoms with Crippen molar-refractivity contribution in [2.24, 2.45) is 43.3 Å². The van der Waals surface area contributed by atoms with E-state index in [2.05, 4.69) is 42.7 Å². The number of hydrogen-bond donors (Lipinski definition) is 0. The van der Waals surface area contributed by atoms with Gasteiger partial charge < -0.3 is 18.9 Å². The number of nitrogens with zero attached hydrogens (tertiary/aromatic N) is 4. The Labute approximate surface area is 796 Å². The molecule has 15 aromatic rings. The minimum atomic E-state index is -2.26. The summed E-state index contributed by atoms with van der Waals surface area (Å²) in [6.45, 7) is 49.1. The van der Waals surface area contributed by atoms with Crippen molar-refractivity contribution in [2.75, 3.05) is 9.80 Å². The third-order valence-corrected chi connectivity index (χ3v) is 22.8. The van der Waals surface area contributed by atoms with Crippen molar-refractivity contribution in [3.05, 3.63) is 305 Å². The number of rotatable bonds is 16. The molecule has 0 radical (unpaired) electrons. The molecular weight excluding hydrogens is 1530 g/mol. The minimum absolute atomic E-state index is 0.0768. The minimum Gasteiger partial charge on any atom is -0.311 e. The van der Waals surface area contributed by atoms with Crippen LogP contribution in [0.5, 0.6) is 0 Å². The second kappa shape index (κ2) is 32.1. The molecule has 2 aliphatic rings. The molecule has 0 amide bonds. The quantitative estimate of drug-likeness (QED) is 0.0897. The molecule has 0 N–H and O–H groups in total. The molecule has 0 bridgehead atoms. The summed E-state index contributed by atoms with van der Waals surface area (Å²) in [5, 5.41) is 0.921. The summed E-state index contributed by atoms with van der Waals surface area (Å²) in [5.41, 5.74) is 3.25. The zero-order valence-electron chi connectivity index (χ0n) is 103. The summed E-state index contributed by atoms with van der Waals surface area (Å²) in [7, 11) is 0. The van der Waals surface area contributed by atoms with Crippen LogP contribution in [0.2, 0.25) is 0 Å². The average molecular weight is 1700 g/mol. The first-order valence-electron chi connectivity index (χ1n) is 57.0. The lowest BCUT2D eigenvalue weighted by atomic mass is 9.33. The van der Waals surface area contributed by atoms with Gasteiger partial charge in [-0.25, -0.2) is 0 Å². The van der Waals surface area contributed by atoms with Gasteiger partial charge in [0.15, 0.2) is 0 Å². The Morgan fingerprint density at radius 2 is 0.567 bits per heavy atom. The lowest BCUT2D eigenvalue weighted by Gasteiger charge is -2.46. The smallest absolute Gasteiger partial charge is 0.252 e. The van der Waals surface area contributed by atoms with Crippen LogP contribution in [0.1, 0.15) is 270 Å². The molecule has 5 heteroatoms. The van der Waals surface area contributed by atoms with Gasteiger partial charge in [0.2, 0.25) is 0 Å². The summed E-state index contributed by atoms with van der Waals surface area (Å²) < 4.78 is 246. The predicted molar refractivity (Wildman–Crippen MR) is 555 cm³/mol. The van der Waals surface area contributed by atoms with Gasteiger partial charge in [-0.2, -0.15) is 0 Å². The van der Waals surface area contributed by atoms with Crippen molar-refractivity contribution in [2.45, 2.75) is 243 Å². The molecule has 0 atom stereocenters. The monoisotopic (exact) mass is 1700 g/mol. The topological polar surface area (TPSA) is 16.3 Å². The van der Waals surface area contributed by atoms with Gasteiger partial charge in [0.1, 0.15) is 0 Å². The Kier molecular flexibility index (Phi) is 16.0. The van der Waals surface area contributed by atoms with Gasteiger partial charge in [0.25, 0.3) is 6.71 Å². The van der Waals surface area contributed by atoms with Crippen LogP contribution >= 0.6 is 0 Å². The molecule has 4 heterocycles. The van der Waals surface area contributed by atoms with Crippen LogP contribution in [-0.4, -0.2) is 15.8 Å². The molecule has 650 valence electrons. The number of fused-ring (bicyclic) bond motifs is 10. The highest BCUT2D eigenvalue weighted by Crippen LogP contribution is 2.55. The van der Waals surface area contributed by atoms with Crippen molar-refractivity contribution in [1.29, 1.82) is 0 Å². The molecular formula is C122H139BN4. The molecule has 4 nitrogen and oxygen atoms in total. The highest BCUT2D eigenvalue weighted by Gasteiger charge is 2.46. The van der Waals surface area contributed by atoms with E-state index in [4.69, 9.17) is 0 Å². The lowest BCUT2D eigenvalue weighted by Crippen LogP contribution is -2.61. The fourth-order valence-electron chi connectivity index (χ4n) is 18.5. The Balaban J connectivity index is 1.15. The molecule has 0 unspecified atom stereocenters. The zero-order chi connectivity index (χ0) is 112. The summed E-state index contributed by atoms with van der Waals surface area (Å²) >= 11 is 0. The van der Waals surface area contributed by atoms with E-state index < -0.39 is 131 Å². The number of aromatic nitrogens is 2.